The van der Waals surface area contributed by atoms with Gasteiger partial charge in [-0.1, -0.05) is 0 Å². The van der Waals surface area contributed by atoms with Gasteiger partial charge in [-0.15, -0.1) is 0 Å². The Morgan fingerprint density at radius 2 is 1.89 bits per heavy atom. The Labute approximate surface area is 102 Å². The second-order valence-corrected chi connectivity index (χ2v) is 5.70. The van der Waals surface area contributed by atoms with Crippen molar-refractivity contribution in [1.29, 1.82) is 0 Å². The fourth-order valence-electron chi connectivity index (χ4n) is 1.50. The average Bonchev–Trinajstić information content (AvgIpc) is 2.98. The first kappa shape index (κ1) is 13.2. The second-order valence-electron chi connectivity index (χ2n) is 4.17. The van der Waals surface area contributed by atoms with Crippen molar-refractivity contribution in [1.82, 2.24) is 0 Å². The molecule has 1 aromatic rings. The number of rotatable bonds is 3. The van der Waals surface area contributed by atoms with Gasteiger partial charge in [-0.25, -0.2) is 13.6 Å². The molecule has 0 radical (unpaired) electrons. The maximum absolute atomic E-state index is 12.5. The lowest BCUT2D eigenvalue weighted by molar-refractivity contribution is -0.137. The molecule has 0 aromatic heterocycles. The maximum atomic E-state index is 12.5. The van der Waals surface area contributed by atoms with E-state index in [1.54, 1.807) is 0 Å². The number of anilines is 1. The Balaban J connectivity index is 2.48. The molecular weight excluding hydrogens is 269 g/mol. The topological polar surface area (TPSA) is 72.2 Å². The van der Waals surface area contributed by atoms with E-state index < -0.39 is 26.7 Å². The van der Waals surface area contributed by atoms with E-state index in [1.807, 2.05) is 0 Å². The molecule has 0 spiro atoms. The zero-order valence-corrected chi connectivity index (χ0v) is 9.98. The van der Waals surface area contributed by atoms with Crippen molar-refractivity contribution in [3.05, 3.63) is 23.8 Å². The minimum Gasteiger partial charge on any atom is -0.381 e. The summed E-state index contributed by atoms with van der Waals surface area (Å²) in [5.41, 5.74) is -0.916. The third-order valence-corrected chi connectivity index (χ3v) is 3.50. The highest BCUT2D eigenvalue weighted by Crippen LogP contribution is 2.34. The third-order valence-electron chi connectivity index (χ3n) is 2.55. The van der Waals surface area contributed by atoms with E-state index in [2.05, 4.69) is 5.32 Å². The summed E-state index contributed by atoms with van der Waals surface area (Å²) in [6.45, 7) is 0. The van der Waals surface area contributed by atoms with Gasteiger partial charge in [0.2, 0.25) is 10.0 Å². The molecule has 0 saturated heterocycles. The Morgan fingerprint density at radius 3 is 2.33 bits per heavy atom. The number of hydrogen-bond acceptors (Lipinski definition) is 3. The van der Waals surface area contributed by atoms with E-state index in [0.717, 1.165) is 25.0 Å². The monoisotopic (exact) mass is 280 g/mol. The summed E-state index contributed by atoms with van der Waals surface area (Å²) in [5, 5.41) is 7.77. The molecule has 4 nitrogen and oxygen atoms in total. The predicted octanol–water partition coefficient (Wildman–Crippen LogP) is 1.93. The number of alkyl halides is 3. The van der Waals surface area contributed by atoms with Crippen LogP contribution in [0.4, 0.5) is 18.9 Å². The van der Waals surface area contributed by atoms with Crippen molar-refractivity contribution >= 4 is 15.7 Å². The van der Waals surface area contributed by atoms with Crippen LogP contribution in [0.1, 0.15) is 18.4 Å². The van der Waals surface area contributed by atoms with Crippen LogP contribution in [0.25, 0.3) is 0 Å². The van der Waals surface area contributed by atoms with E-state index in [4.69, 9.17) is 5.14 Å². The van der Waals surface area contributed by atoms with E-state index in [-0.39, 0.29) is 11.7 Å². The average molecular weight is 280 g/mol. The van der Waals surface area contributed by atoms with Crippen molar-refractivity contribution in [2.75, 3.05) is 5.32 Å². The molecule has 1 aromatic carbocycles. The normalized spacial score (nSPS) is 16.7. The first-order valence-corrected chi connectivity index (χ1v) is 6.73. The third kappa shape index (κ3) is 2.94. The van der Waals surface area contributed by atoms with Crippen LogP contribution in [0, 0.1) is 0 Å². The lowest BCUT2D eigenvalue weighted by Crippen LogP contribution is -2.17. The van der Waals surface area contributed by atoms with E-state index in [9.17, 15) is 21.6 Å². The summed E-state index contributed by atoms with van der Waals surface area (Å²) in [7, 11) is -4.20. The van der Waals surface area contributed by atoms with E-state index in [0.29, 0.717) is 6.07 Å². The van der Waals surface area contributed by atoms with E-state index >= 15 is 0 Å². The van der Waals surface area contributed by atoms with Crippen LogP contribution in [0.5, 0.6) is 0 Å². The molecule has 0 heterocycles. The fraction of sp³-hybridized carbons (Fsp3) is 0.400. The summed E-state index contributed by atoms with van der Waals surface area (Å²) in [6, 6.07) is 2.60. The van der Waals surface area contributed by atoms with Gasteiger partial charge in [0.1, 0.15) is 4.90 Å². The van der Waals surface area contributed by atoms with Gasteiger partial charge in [-0.2, -0.15) is 13.2 Å². The van der Waals surface area contributed by atoms with Crippen molar-refractivity contribution in [3.8, 4) is 0 Å². The highest BCUT2D eigenvalue weighted by atomic mass is 32.2. The van der Waals surface area contributed by atoms with Gasteiger partial charge in [0, 0.05) is 6.04 Å². The maximum Gasteiger partial charge on any atom is 0.416 e. The van der Waals surface area contributed by atoms with Gasteiger partial charge in [0.05, 0.1) is 11.3 Å². The molecule has 3 N–H and O–H groups in total. The Hall–Kier alpha value is -1.28. The predicted molar refractivity (Wildman–Crippen MR) is 59.5 cm³/mol. The van der Waals surface area contributed by atoms with Crippen LogP contribution >= 0.6 is 0 Å². The highest BCUT2D eigenvalue weighted by Gasteiger charge is 2.33. The van der Waals surface area contributed by atoms with Crippen molar-refractivity contribution in [2.45, 2.75) is 30.0 Å². The molecule has 0 bridgehead atoms. The van der Waals surface area contributed by atoms with Crippen LogP contribution in [0.2, 0.25) is 0 Å². The standard InChI is InChI=1S/C10H11F3N2O2S/c11-10(12,13)6-1-4-8(15-7-2-3-7)9(5-6)18(14,16)17/h1,4-5,7,15H,2-3H2,(H2,14,16,17). The summed E-state index contributed by atoms with van der Waals surface area (Å²) >= 11 is 0. The molecular formula is C10H11F3N2O2S. The molecule has 1 fully saturated rings. The van der Waals surface area contributed by atoms with Crippen LogP contribution in [-0.4, -0.2) is 14.5 Å². The van der Waals surface area contributed by atoms with Gasteiger partial charge >= 0.3 is 6.18 Å². The van der Waals surface area contributed by atoms with Crippen molar-refractivity contribution in [2.24, 2.45) is 5.14 Å². The lowest BCUT2D eigenvalue weighted by atomic mass is 10.2. The van der Waals surface area contributed by atoms with E-state index in [1.165, 1.54) is 0 Å². The summed E-state index contributed by atoms with van der Waals surface area (Å²) in [4.78, 5) is -0.524. The van der Waals surface area contributed by atoms with Gasteiger partial charge in [-0.3, -0.25) is 0 Å². The molecule has 8 heteroatoms. The lowest BCUT2D eigenvalue weighted by Gasteiger charge is -2.13. The first-order valence-electron chi connectivity index (χ1n) is 5.18. The number of nitrogens with one attached hydrogen (secondary N) is 1. The zero-order valence-electron chi connectivity index (χ0n) is 9.16. The van der Waals surface area contributed by atoms with Crippen LogP contribution < -0.4 is 10.5 Å². The first-order chi connectivity index (χ1) is 8.18. The number of hydrogen-bond donors (Lipinski definition) is 2. The van der Waals surface area contributed by atoms with Crippen molar-refractivity contribution in [3.63, 3.8) is 0 Å². The Bertz CT molecular complexity index is 565. The molecule has 0 aliphatic heterocycles. The molecule has 2 rings (SSSR count). The van der Waals surface area contributed by atoms with Gasteiger partial charge in [0.15, 0.2) is 0 Å². The quantitative estimate of drug-likeness (QED) is 0.888. The fourth-order valence-corrected chi connectivity index (χ4v) is 2.23. The summed E-state index contributed by atoms with van der Waals surface area (Å²) < 4.78 is 60.1. The molecule has 1 saturated carbocycles. The summed E-state index contributed by atoms with van der Waals surface area (Å²) in [6.07, 6.45) is -2.87. The minimum atomic E-state index is -4.60. The molecule has 1 aliphatic carbocycles. The second kappa shape index (κ2) is 4.13. The smallest absolute Gasteiger partial charge is 0.381 e. The Morgan fingerprint density at radius 1 is 1.28 bits per heavy atom. The van der Waals surface area contributed by atoms with Crippen LogP contribution in [0.3, 0.4) is 0 Å². The number of benzene rings is 1. The van der Waals surface area contributed by atoms with Crippen molar-refractivity contribution < 1.29 is 21.6 Å². The Kier molecular flexibility index (Phi) is 3.02. The molecule has 0 amide bonds. The number of nitrogens with two attached hydrogens (primary N) is 1. The SMILES string of the molecule is NS(=O)(=O)c1cc(C(F)(F)F)ccc1NC1CC1. The number of primary sulfonamides is 1. The summed E-state index contributed by atoms with van der Waals surface area (Å²) in [5.74, 6) is 0. The van der Waals surface area contributed by atoms with Gasteiger partial charge in [0.25, 0.3) is 0 Å². The molecule has 0 unspecified atom stereocenters. The van der Waals surface area contributed by atoms with Gasteiger partial charge in [-0.05, 0) is 31.0 Å². The molecule has 0 atom stereocenters. The molecule has 100 valence electrons. The van der Waals surface area contributed by atoms with Crippen LogP contribution in [0.15, 0.2) is 23.1 Å². The minimum absolute atomic E-state index is 0.113. The van der Waals surface area contributed by atoms with Gasteiger partial charge < -0.3 is 5.32 Å². The number of halogens is 3. The number of sulfonamides is 1. The molecule has 1 aliphatic rings. The largest absolute Gasteiger partial charge is 0.416 e. The highest BCUT2D eigenvalue weighted by molar-refractivity contribution is 7.89. The zero-order chi connectivity index (χ0) is 13.6. The molecule has 18 heavy (non-hydrogen) atoms. The van der Waals surface area contributed by atoms with Crippen LogP contribution in [-0.2, 0) is 16.2 Å².